The number of thiol groups is 1. The molecule has 0 spiro atoms. The highest BCUT2D eigenvalue weighted by Crippen LogP contribution is 2.78. The smallest absolute Gasteiger partial charge is 0.0237 e. The lowest BCUT2D eigenvalue weighted by Gasteiger charge is -2.75. The Morgan fingerprint density at radius 2 is 1.32 bits per heavy atom. The van der Waals surface area contributed by atoms with E-state index in [9.17, 15) is 0 Å². The van der Waals surface area contributed by atoms with E-state index in [2.05, 4.69) is 55.4 Å². The van der Waals surface area contributed by atoms with Gasteiger partial charge >= 0.3 is 0 Å². The average molecular weight is 445 g/mol. The molecule has 5 fully saturated rings. The van der Waals surface area contributed by atoms with Crippen molar-refractivity contribution in [3.63, 3.8) is 0 Å². The normalized spacial score (nSPS) is 60.9. The van der Waals surface area contributed by atoms with Gasteiger partial charge in [-0.25, -0.2) is 0 Å². The van der Waals surface area contributed by atoms with E-state index in [1.54, 1.807) is 0 Å². The molecule has 178 valence electrons. The molecule has 0 nitrogen and oxygen atoms in total. The van der Waals surface area contributed by atoms with Gasteiger partial charge in [-0.05, 0) is 121 Å². The molecule has 0 heterocycles. The van der Waals surface area contributed by atoms with Crippen LogP contribution in [0.2, 0.25) is 0 Å². The van der Waals surface area contributed by atoms with Crippen LogP contribution in [0, 0.1) is 56.7 Å². The van der Waals surface area contributed by atoms with Gasteiger partial charge in [0.1, 0.15) is 0 Å². The van der Waals surface area contributed by atoms with Crippen LogP contribution < -0.4 is 0 Å². The predicted octanol–water partition coefficient (Wildman–Crippen LogP) is 9.19. The zero-order valence-electron chi connectivity index (χ0n) is 22.1. The van der Waals surface area contributed by atoms with Gasteiger partial charge in [-0.2, -0.15) is 12.6 Å². The van der Waals surface area contributed by atoms with Crippen molar-refractivity contribution in [2.45, 2.75) is 131 Å². The van der Waals surface area contributed by atoms with Gasteiger partial charge in [0.2, 0.25) is 0 Å². The Balaban J connectivity index is 1.57. The lowest BCUT2D eigenvalue weighted by molar-refractivity contribution is -0.239. The molecule has 31 heavy (non-hydrogen) atoms. The standard InChI is InChI=1S/C30H52S/c1-20-12-15-26(5)16-17-27(6)22(24(26)21(20)2)10-11-23-28(27,7)18-19-30(31)25(3,4)13-9-14-29(23,30)8/h20-24,31H,9-19H2,1-8H3/t20-,21+,22-,23+,24+,26-,27-,28-,29-,30-/m1/s1. The Morgan fingerprint density at radius 1 is 0.645 bits per heavy atom. The first-order valence-electron chi connectivity index (χ1n) is 14.0. The van der Waals surface area contributed by atoms with E-state index in [4.69, 9.17) is 12.6 Å². The first kappa shape index (κ1) is 23.1. The van der Waals surface area contributed by atoms with Crippen molar-refractivity contribution in [3.8, 4) is 0 Å². The van der Waals surface area contributed by atoms with Gasteiger partial charge in [-0.3, -0.25) is 0 Å². The Kier molecular flexibility index (Phi) is 5.01. The van der Waals surface area contributed by atoms with Crippen LogP contribution in [0.15, 0.2) is 0 Å². The van der Waals surface area contributed by atoms with E-state index in [0.717, 1.165) is 29.6 Å². The van der Waals surface area contributed by atoms with Gasteiger partial charge < -0.3 is 0 Å². The van der Waals surface area contributed by atoms with Crippen molar-refractivity contribution in [1.82, 2.24) is 0 Å². The molecular formula is C30H52S. The molecule has 0 bridgehead atoms. The summed E-state index contributed by atoms with van der Waals surface area (Å²) in [4.78, 5) is 0. The molecule has 0 N–H and O–H groups in total. The van der Waals surface area contributed by atoms with Crippen LogP contribution in [0.5, 0.6) is 0 Å². The molecule has 0 aromatic heterocycles. The van der Waals surface area contributed by atoms with Crippen LogP contribution in [0.25, 0.3) is 0 Å². The molecule has 0 aromatic rings. The molecule has 10 atom stereocenters. The lowest BCUT2D eigenvalue weighted by Crippen LogP contribution is -2.70. The molecule has 0 aliphatic heterocycles. The fourth-order valence-electron chi connectivity index (χ4n) is 11.6. The van der Waals surface area contributed by atoms with Gasteiger partial charge in [-0.15, -0.1) is 0 Å². The summed E-state index contributed by atoms with van der Waals surface area (Å²) in [5.41, 5.74) is 2.38. The van der Waals surface area contributed by atoms with Crippen LogP contribution in [0.4, 0.5) is 0 Å². The first-order chi connectivity index (χ1) is 14.3. The molecular weight excluding hydrogens is 392 g/mol. The van der Waals surface area contributed by atoms with Crippen molar-refractivity contribution < 1.29 is 0 Å². The zero-order chi connectivity index (χ0) is 22.7. The SMILES string of the molecule is C[C@@H]1[C@H]2[C@H]3CC[C@@H]4[C@@]5(C)CCCC(C)(C)[C@]5(S)CC[C@@]4(C)[C@]3(C)CC[C@@]2(C)CC[C@H]1C. The van der Waals surface area contributed by atoms with Crippen molar-refractivity contribution in [2.75, 3.05) is 0 Å². The highest BCUT2D eigenvalue weighted by Gasteiger charge is 2.72. The van der Waals surface area contributed by atoms with E-state index in [1.807, 2.05) is 0 Å². The summed E-state index contributed by atoms with van der Waals surface area (Å²) >= 11 is 5.66. The Labute approximate surface area is 199 Å². The zero-order valence-corrected chi connectivity index (χ0v) is 23.0. The minimum atomic E-state index is 0.210. The molecule has 1 heteroatoms. The van der Waals surface area contributed by atoms with Crippen molar-refractivity contribution >= 4 is 12.6 Å². The average Bonchev–Trinajstić information content (AvgIpc) is 2.69. The van der Waals surface area contributed by atoms with Crippen LogP contribution in [-0.2, 0) is 0 Å². The van der Waals surface area contributed by atoms with Gasteiger partial charge in [-0.1, -0.05) is 61.8 Å². The van der Waals surface area contributed by atoms with E-state index in [1.165, 1.54) is 70.6 Å². The molecule has 0 aromatic carbocycles. The maximum absolute atomic E-state index is 5.66. The summed E-state index contributed by atoms with van der Waals surface area (Å²) in [6, 6.07) is 0. The summed E-state index contributed by atoms with van der Waals surface area (Å²) in [6.45, 7) is 21.3. The van der Waals surface area contributed by atoms with Crippen LogP contribution >= 0.6 is 12.6 Å². The largest absolute Gasteiger partial charge is 0.171 e. The van der Waals surface area contributed by atoms with Crippen molar-refractivity contribution in [2.24, 2.45) is 56.7 Å². The number of rotatable bonds is 0. The summed E-state index contributed by atoms with van der Waals surface area (Å²) in [5, 5.41) is 0. The fourth-order valence-corrected chi connectivity index (χ4v) is 12.1. The molecule has 5 saturated carbocycles. The molecule has 0 unspecified atom stereocenters. The van der Waals surface area contributed by atoms with Crippen LogP contribution in [0.3, 0.4) is 0 Å². The van der Waals surface area contributed by atoms with Gasteiger partial charge in [0.05, 0.1) is 0 Å². The third kappa shape index (κ3) is 2.63. The molecule has 0 saturated heterocycles. The first-order valence-corrected chi connectivity index (χ1v) is 14.4. The Bertz CT molecular complexity index is 741. The van der Waals surface area contributed by atoms with Gasteiger partial charge in [0, 0.05) is 4.75 Å². The van der Waals surface area contributed by atoms with E-state index < -0.39 is 0 Å². The number of hydrogen-bond acceptors (Lipinski definition) is 1. The minimum absolute atomic E-state index is 0.210. The third-order valence-corrected chi connectivity index (χ3v) is 15.4. The van der Waals surface area contributed by atoms with Crippen LogP contribution in [-0.4, -0.2) is 4.75 Å². The Hall–Kier alpha value is 0.350. The van der Waals surface area contributed by atoms with Crippen molar-refractivity contribution in [1.29, 1.82) is 0 Å². The van der Waals surface area contributed by atoms with E-state index in [-0.39, 0.29) is 4.75 Å². The van der Waals surface area contributed by atoms with Gasteiger partial charge in [0.15, 0.2) is 0 Å². The second-order valence-electron chi connectivity index (χ2n) is 15.1. The molecule has 5 aliphatic rings. The summed E-state index contributed by atoms with van der Waals surface area (Å²) in [5.74, 6) is 4.57. The molecule has 0 amide bonds. The predicted molar refractivity (Wildman–Crippen MR) is 138 cm³/mol. The summed E-state index contributed by atoms with van der Waals surface area (Å²) in [6.07, 6.45) is 15.8. The summed E-state index contributed by atoms with van der Waals surface area (Å²) < 4.78 is 0.210. The van der Waals surface area contributed by atoms with Gasteiger partial charge in [0.25, 0.3) is 0 Å². The minimum Gasteiger partial charge on any atom is -0.171 e. The van der Waals surface area contributed by atoms with Crippen LogP contribution in [0.1, 0.15) is 126 Å². The molecule has 5 rings (SSSR count). The number of fused-ring (bicyclic) bond motifs is 7. The maximum atomic E-state index is 5.66. The van der Waals surface area contributed by atoms with E-state index >= 15 is 0 Å². The molecule has 5 aliphatic carbocycles. The fraction of sp³-hybridized carbons (Fsp3) is 1.00. The topological polar surface area (TPSA) is 0 Å². The lowest BCUT2D eigenvalue weighted by atomic mass is 9.31. The second kappa shape index (κ2) is 6.73. The monoisotopic (exact) mass is 444 g/mol. The maximum Gasteiger partial charge on any atom is 0.0237 e. The van der Waals surface area contributed by atoms with E-state index in [0.29, 0.717) is 27.1 Å². The van der Waals surface area contributed by atoms with Crippen molar-refractivity contribution in [3.05, 3.63) is 0 Å². The Morgan fingerprint density at radius 3 is 2.03 bits per heavy atom. The molecule has 0 radical (unpaired) electrons. The highest BCUT2D eigenvalue weighted by molar-refractivity contribution is 7.82. The third-order valence-electron chi connectivity index (χ3n) is 14.1. The second-order valence-corrected chi connectivity index (χ2v) is 15.9. The quantitative estimate of drug-likeness (QED) is 0.354. The number of hydrogen-bond donors (Lipinski definition) is 1. The highest BCUT2D eigenvalue weighted by atomic mass is 32.1. The summed E-state index contributed by atoms with van der Waals surface area (Å²) in [7, 11) is 0.